The van der Waals surface area contributed by atoms with Gasteiger partial charge >= 0.3 is 5.97 Å². The van der Waals surface area contributed by atoms with Crippen LogP contribution in [0.3, 0.4) is 0 Å². The molecule has 1 fully saturated rings. The van der Waals surface area contributed by atoms with Gasteiger partial charge in [-0.2, -0.15) is 9.78 Å². The second-order valence-corrected chi connectivity index (χ2v) is 10.6. The van der Waals surface area contributed by atoms with E-state index < -0.39 is 17.4 Å². The molecule has 1 atom stereocenters. The van der Waals surface area contributed by atoms with Crippen LogP contribution in [-0.2, 0) is 14.3 Å². The average molecular weight is 575 g/mol. The number of rotatable bonds is 8. The van der Waals surface area contributed by atoms with E-state index in [1.54, 1.807) is 41.5 Å². The third-order valence-corrected chi connectivity index (χ3v) is 7.94. The van der Waals surface area contributed by atoms with Crippen LogP contribution in [0.5, 0.6) is 5.75 Å². The monoisotopic (exact) mass is 574 g/mol. The molecule has 10 nitrogen and oxygen atoms in total. The van der Waals surface area contributed by atoms with Gasteiger partial charge in [0.05, 0.1) is 30.2 Å². The van der Waals surface area contributed by atoms with Crippen molar-refractivity contribution in [2.24, 2.45) is 5.92 Å². The number of carbonyl (C=O) groups is 3. The molecule has 5 rings (SSSR count). The summed E-state index contributed by atoms with van der Waals surface area (Å²) in [5, 5.41) is 9.50. The van der Waals surface area contributed by atoms with Crippen LogP contribution in [0.1, 0.15) is 41.9 Å². The highest BCUT2D eigenvalue weighted by Gasteiger charge is 2.36. The minimum absolute atomic E-state index is 0.0379. The number of amides is 2. The number of nitrogens with zero attached hydrogens (tertiary/aromatic N) is 3. The number of thiophene rings is 1. The van der Waals surface area contributed by atoms with Crippen LogP contribution in [0.15, 0.2) is 52.6 Å². The van der Waals surface area contributed by atoms with E-state index in [2.05, 4.69) is 10.4 Å². The van der Waals surface area contributed by atoms with Crippen LogP contribution >= 0.6 is 11.3 Å². The van der Waals surface area contributed by atoms with Crippen molar-refractivity contribution in [3.05, 3.63) is 75.0 Å². The quantitative estimate of drug-likeness (QED) is 0.305. The number of hydrogen-bond donors (Lipinski definition) is 1. The molecule has 1 aliphatic heterocycles. The van der Waals surface area contributed by atoms with Gasteiger partial charge in [-0.05, 0) is 75.2 Å². The Kier molecular flexibility index (Phi) is 7.89. The molecule has 0 radical (unpaired) electrons. The summed E-state index contributed by atoms with van der Waals surface area (Å²) in [6.07, 6.45) is 0.0497. The van der Waals surface area contributed by atoms with E-state index >= 15 is 0 Å². The molecule has 1 unspecified atom stereocenters. The van der Waals surface area contributed by atoms with Crippen molar-refractivity contribution in [1.29, 1.82) is 0 Å². The predicted octanol–water partition coefficient (Wildman–Crippen LogP) is 4.63. The van der Waals surface area contributed by atoms with E-state index in [0.717, 1.165) is 32.8 Å². The number of nitrogens with one attached hydrogen (secondary N) is 1. The molecule has 2 aromatic heterocycles. The van der Waals surface area contributed by atoms with Gasteiger partial charge in [-0.15, -0.1) is 11.3 Å². The third-order valence-electron chi connectivity index (χ3n) is 7.05. The number of carbonyl (C=O) groups excluding carboxylic acids is 3. The van der Waals surface area contributed by atoms with Crippen molar-refractivity contribution in [2.45, 2.75) is 34.1 Å². The number of hydrogen-bond acceptors (Lipinski definition) is 8. The fraction of sp³-hybridized carbons (Fsp3) is 0.300. The number of anilines is 2. The predicted molar refractivity (Wildman–Crippen MR) is 157 cm³/mol. The Bertz CT molecular complexity index is 1710. The first kappa shape index (κ1) is 28.0. The zero-order chi connectivity index (χ0) is 29.3. The van der Waals surface area contributed by atoms with Gasteiger partial charge in [-0.25, -0.2) is 4.79 Å². The highest BCUT2D eigenvalue weighted by atomic mass is 32.1. The van der Waals surface area contributed by atoms with Crippen LogP contribution in [0.4, 0.5) is 10.7 Å². The first-order chi connectivity index (χ1) is 19.7. The lowest BCUT2D eigenvalue weighted by Crippen LogP contribution is -2.29. The summed E-state index contributed by atoms with van der Waals surface area (Å²) in [5.74, 6) is -1.19. The third kappa shape index (κ3) is 5.45. The summed E-state index contributed by atoms with van der Waals surface area (Å²) < 4.78 is 11.8. The van der Waals surface area contributed by atoms with E-state index in [0.29, 0.717) is 18.0 Å². The number of ether oxygens (including phenoxy) is 2. The van der Waals surface area contributed by atoms with Crippen molar-refractivity contribution in [3.63, 3.8) is 0 Å². The molecular formula is C30H30N4O6S. The topological polar surface area (TPSA) is 120 Å². The van der Waals surface area contributed by atoms with Gasteiger partial charge in [0.15, 0.2) is 5.69 Å². The largest absolute Gasteiger partial charge is 0.494 e. The van der Waals surface area contributed by atoms with Gasteiger partial charge in [-0.1, -0.05) is 6.07 Å². The standard InChI is InChI=1S/C30H30N4O6S/c1-5-39-22-11-9-20(10-12-22)34-29(37)25-23(26(32-34)30(38)40-6-2)16-41-28(25)31-27(36)19-14-24(35)33(15-19)21-8-7-17(3)18(4)13-21/h7-13,16,19H,5-6,14-15H2,1-4H3,(H,31,36). The summed E-state index contributed by atoms with van der Waals surface area (Å²) in [6, 6.07) is 12.5. The molecule has 212 valence electrons. The molecule has 1 saturated heterocycles. The van der Waals surface area contributed by atoms with E-state index in [-0.39, 0.29) is 52.9 Å². The molecule has 0 saturated carbocycles. The Hall–Kier alpha value is -4.51. The maximum Gasteiger partial charge on any atom is 0.359 e. The van der Waals surface area contributed by atoms with Gasteiger partial charge in [0.2, 0.25) is 11.8 Å². The molecule has 2 amide bonds. The fourth-order valence-electron chi connectivity index (χ4n) is 4.76. The first-order valence-electron chi connectivity index (χ1n) is 13.3. The minimum atomic E-state index is -0.682. The molecule has 0 spiro atoms. The van der Waals surface area contributed by atoms with Crippen molar-refractivity contribution in [3.8, 4) is 11.4 Å². The van der Waals surface area contributed by atoms with Gasteiger partial charge in [0.1, 0.15) is 10.8 Å². The first-order valence-corrected chi connectivity index (χ1v) is 14.2. The highest BCUT2D eigenvalue weighted by Crippen LogP contribution is 2.33. The van der Waals surface area contributed by atoms with Crippen molar-refractivity contribution >= 4 is 50.6 Å². The van der Waals surface area contributed by atoms with Crippen LogP contribution in [0, 0.1) is 19.8 Å². The molecule has 1 aliphatic rings. The number of benzene rings is 2. The Balaban J connectivity index is 1.48. The average Bonchev–Trinajstić information content (AvgIpc) is 3.55. The van der Waals surface area contributed by atoms with E-state index in [4.69, 9.17) is 9.47 Å². The van der Waals surface area contributed by atoms with E-state index in [1.165, 1.54) is 0 Å². The molecule has 0 aliphatic carbocycles. The van der Waals surface area contributed by atoms with Gasteiger partial charge in [0, 0.05) is 29.4 Å². The fourth-order valence-corrected chi connectivity index (χ4v) is 5.70. The molecule has 3 heterocycles. The molecule has 11 heteroatoms. The summed E-state index contributed by atoms with van der Waals surface area (Å²) >= 11 is 1.12. The van der Waals surface area contributed by atoms with E-state index in [1.807, 2.05) is 39.0 Å². The molecular weight excluding hydrogens is 544 g/mol. The lowest BCUT2D eigenvalue weighted by atomic mass is 10.1. The normalized spacial score (nSPS) is 14.9. The zero-order valence-electron chi connectivity index (χ0n) is 23.2. The summed E-state index contributed by atoms with van der Waals surface area (Å²) in [4.78, 5) is 54.4. The number of esters is 1. The van der Waals surface area contributed by atoms with Crippen molar-refractivity contribution in [1.82, 2.24) is 9.78 Å². The van der Waals surface area contributed by atoms with Crippen molar-refractivity contribution in [2.75, 3.05) is 30.0 Å². The molecule has 1 N–H and O–H groups in total. The lowest BCUT2D eigenvalue weighted by Gasteiger charge is -2.18. The van der Waals surface area contributed by atoms with Crippen molar-refractivity contribution < 1.29 is 23.9 Å². The summed E-state index contributed by atoms with van der Waals surface area (Å²) in [5.41, 5.74) is 2.80. The Morgan fingerprint density at radius 2 is 1.76 bits per heavy atom. The van der Waals surface area contributed by atoms with Gasteiger partial charge in [0.25, 0.3) is 5.56 Å². The molecule has 41 heavy (non-hydrogen) atoms. The van der Waals surface area contributed by atoms with Gasteiger partial charge < -0.3 is 19.7 Å². The summed E-state index contributed by atoms with van der Waals surface area (Å²) in [6.45, 7) is 8.37. The SMILES string of the molecule is CCOC(=O)c1nn(-c2ccc(OCC)cc2)c(=O)c2c(NC(=O)C3CC(=O)N(c4ccc(C)c(C)c4)C3)scc12. The van der Waals surface area contributed by atoms with E-state index in [9.17, 15) is 19.2 Å². The molecule has 0 bridgehead atoms. The zero-order valence-corrected chi connectivity index (χ0v) is 24.0. The molecule has 4 aromatic rings. The molecule has 2 aromatic carbocycles. The second kappa shape index (κ2) is 11.5. The Morgan fingerprint density at radius 1 is 1.02 bits per heavy atom. The van der Waals surface area contributed by atoms with Crippen LogP contribution in [0.2, 0.25) is 0 Å². The van der Waals surface area contributed by atoms with Crippen LogP contribution in [-0.4, -0.2) is 47.3 Å². The summed E-state index contributed by atoms with van der Waals surface area (Å²) in [7, 11) is 0. The number of fused-ring (bicyclic) bond motifs is 1. The number of aryl methyl sites for hydroxylation is 2. The van der Waals surface area contributed by atoms with Crippen LogP contribution < -0.4 is 20.5 Å². The lowest BCUT2D eigenvalue weighted by molar-refractivity contribution is -0.122. The van der Waals surface area contributed by atoms with Crippen LogP contribution in [0.25, 0.3) is 16.5 Å². The second-order valence-electron chi connectivity index (χ2n) is 9.73. The number of aromatic nitrogens is 2. The Labute approximate surface area is 240 Å². The Morgan fingerprint density at radius 3 is 2.44 bits per heavy atom. The smallest absolute Gasteiger partial charge is 0.359 e. The minimum Gasteiger partial charge on any atom is -0.494 e. The highest BCUT2D eigenvalue weighted by molar-refractivity contribution is 7.16. The maximum absolute atomic E-state index is 13.7. The maximum atomic E-state index is 13.7. The van der Waals surface area contributed by atoms with Gasteiger partial charge in [-0.3, -0.25) is 14.4 Å².